The normalized spacial score (nSPS) is 53.9. The first-order valence-electron chi connectivity index (χ1n) is 16.3. The maximum Gasteiger partial charge on any atom is 0.186 e. The van der Waals surface area contributed by atoms with E-state index in [9.17, 15) is 25.2 Å². The zero-order valence-corrected chi connectivity index (χ0v) is 25.4. The summed E-state index contributed by atoms with van der Waals surface area (Å²) >= 11 is 0. The number of carbonyl (C=O) groups excluding carboxylic acids is 1. The molecule has 234 valence electrons. The van der Waals surface area contributed by atoms with Gasteiger partial charge in [-0.3, -0.25) is 4.79 Å². The van der Waals surface area contributed by atoms with E-state index >= 15 is 0 Å². The molecule has 3 saturated heterocycles. The molecule has 5 N–H and O–H groups in total. The van der Waals surface area contributed by atoms with Crippen molar-refractivity contribution in [3.63, 3.8) is 0 Å². The van der Waals surface area contributed by atoms with Crippen LogP contribution in [0.4, 0.5) is 0 Å². The fraction of sp³-hybridized carbons (Fsp3) is 0.848. The maximum atomic E-state index is 14.5. The van der Waals surface area contributed by atoms with E-state index in [1.54, 1.807) is 0 Å². The van der Waals surface area contributed by atoms with Gasteiger partial charge in [0.2, 0.25) is 0 Å². The average molecular weight is 588 g/mol. The summed E-state index contributed by atoms with van der Waals surface area (Å²) in [5.74, 6) is 1.81. The third kappa shape index (κ3) is 4.14. The number of piperidine rings is 1. The van der Waals surface area contributed by atoms with Gasteiger partial charge in [-0.2, -0.15) is 0 Å². The summed E-state index contributed by atoms with van der Waals surface area (Å²) in [5, 5.41) is 44.2. The molecule has 0 amide bonds. The van der Waals surface area contributed by atoms with Crippen LogP contribution in [0.1, 0.15) is 72.6 Å². The average Bonchev–Trinajstić information content (AvgIpc) is 3.42. The zero-order chi connectivity index (χ0) is 29.7. The van der Waals surface area contributed by atoms with Crippen LogP contribution in [0.3, 0.4) is 0 Å². The Balaban J connectivity index is 1.11. The van der Waals surface area contributed by atoms with Crippen LogP contribution in [0.15, 0.2) is 22.8 Å². The Morgan fingerprint density at radius 1 is 1.12 bits per heavy atom. The number of hydrogen-bond donors (Lipinski definition) is 5. The first-order valence-corrected chi connectivity index (χ1v) is 16.3. The van der Waals surface area contributed by atoms with Crippen LogP contribution in [0, 0.1) is 35.0 Å². The van der Waals surface area contributed by atoms with Crippen LogP contribution in [-0.2, 0) is 19.0 Å². The van der Waals surface area contributed by atoms with Crippen LogP contribution in [0.5, 0.6) is 0 Å². The van der Waals surface area contributed by atoms with Gasteiger partial charge in [0, 0.05) is 23.5 Å². The molecule has 3 heterocycles. The monoisotopic (exact) mass is 587 g/mol. The summed E-state index contributed by atoms with van der Waals surface area (Å²) in [5.41, 5.74) is 2.89. The Kier molecular flexibility index (Phi) is 7.34. The molecule has 1 spiro atoms. The third-order valence-corrected chi connectivity index (χ3v) is 12.8. The first kappa shape index (κ1) is 29.5. The molecular weight excluding hydrogens is 538 g/mol. The SMILES string of the molecule is CC1=C2C(=O)[C@H]3[C@@H](CC=C4C[C@@H](O[C@@H]5O[C@H](CO)[C@@H](O)[C@H](O)[C@H]5O)CC[C@@]43C)[C@@H]2CC[C@@]12O[C@@H]1C[C@H](C)CN[C@H]1[C@H]2C. The summed E-state index contributed by atoms with van der Waals surface area (Å²) in [6, 6.07) is 0.344. The van der Waals surface area contributed by atoms with Crippen molar-refractivity contribution >= 4 is 5.78 Å². The Morgan fingerprint density at radius 2 is 1.90 bits per heavy atom. The number of nitrogens with one attached hydrogen (secondary N) is 1. The van der Waals surface area contributed by atoms with Crippen molar-refractivity contribution in [3.05, 3.63) is 22.8 Å². The van der Waals surface area contributed by atoms with Crippen molar-refractivity contribution in [3.8, 4) is 0 Å². The highest BCUT2D eigenvalue weighted by molar-refractivity contribution is 6.02. The number of ether oxygens (including phenoxy) is 3. The summed E-state index contributed by atoms with van der Waals surface area (Å²) in [4.78, 5) is 14.5. The van der Waals surface area contributed by atoms with Gasteiger partial charge in [0.25, 0.3) is 0 Å². The molecule has 0 aromatic carbocycles. The van der Waals surface area contributed by atoms with Crippen molar-refractivity contribution in [1.82, 2.24) is 5.32 Å². The second-order valence-corrected chi connectivity index (χ2v) is 14.9. The van der Waals surface area contributed by atoms with Crippen molar-refractivity contribution in [2.24, 2.45) is 35.0 Å². The molecule has 0 radical (unpaired) electrons. The lowest BCUT2D eigenvalue weighted by atomic mass is 9.56. The molecule has 7 rings (SSSR count). The van der Waals surface area contributed by atoms with Crippen LogP contribution >= 0.6 is 0 Å². The van der Waals surface area contributed by atoms with Crippen molar-refractivity contribution < 1.29 is 39.4 Å². The predicted molar refractivity (Wildman–Crippen MR) is 153 cm³/mol. The fourth-order valence-corrected chi connectivity index (χ4v) is 10.4. The van der Waals surface area contributed by atoms with Gasteiger partial charge in [-0.1, -0.05) is 32.4 Å². The topological polar surface area (TPSA) is 138 Å². The lowest BCUT2D eigenvalue weighted by Gasteiger charge is -2.49. The molecule has 0 aromatic heterocycles. The predicted octanol–water partition coefficient (Wildman–Crippen LogP) is 2.01. The van der Waals surface area contributed by atoms with Gasteiger partial charge >= 0.3 is 0 Å². The first-order chi connectivity index (χ1) is 20.0. The van der Waals surface area contributed by atoms with Crippen molar-refractivity contribution in [2.75, 3.05) is 13.2 Å². The number of allylic oxidation sites excluding steroid dienone is 2. The molecule has 2 saturated carbocycles. The van der Waals surface area contributed by atoms with Gasteiger partial charge in [-0.25, -0.2) is 0 Å². The molecular formula is C33H49NO8. The second-order valence-electron chi connectivity index (χ2n) is 14.9. The Hall–Kier alpha value is -1.17. The summed E-state index contributed by atoms with van der Waals surface area (Å²) in [6.45, 7) is 9.60. The third-order valence-electron chi connectivity index (χ3n) is 12.8. The highest BCUT2D eigenvalue weighted by Crippen LogP contribution is 2.64. The van der Waals surface area contributed by atoms with Crippen molar-refractivity contribution in [2.45, 2.75) is 127 Å². The standard InChI is InChI=1S/C33H49NO8/c1-15-11-22-26(34-13-15)17(3)33(42-22)10-8-20-21-6-5-18-12-19(40-31-30(39)29(38)27(36)23(14-35)41-31)7-9-32(18,4)25(21)28(37)24(20)16(33)2/h5,15,17,19-23,25-27,29-31,34-36,38-39H,6-14H2,1-4H3/t15-,17+,19-,20-,21-,22+,23+,25+,26-,27+,29-,30+,31+,32-,33+/m0/s1. The molecule has 42 heavy (non-hydrogen) atoms. The molecule has 0 unspecified atom stereocenters. The van der Waals surface area contributed by atoms with E-state index in [2.05, 4.69) is 39.1 Å². The minimum Gasteiger partial charge on any atom is -0.394 e. The summed E-state index contributed by atoms with van der Waals surface area (Å²) < 4.78 is 18.8. The van der Waals surface area contributed by atoms with Gasteiger partial charge in [-0.05, 0) is 87.2 Å². The highest BCUT2D eigenvalue weighted by atomic mass is 16.7. The summed E-state index contributed by atoms with van der Waals surface area (Å²) in [7, 11) is 0. The van der Waals surface area contributed by atoms with E-state index in [0.29, 0.717) is 42.4 Å². The molecule has 9 heteroatoms. The lowest BCUT2D eigenvalue weighted by molar-refractivity contribution is -0.312. The highest BCUT2D eigenvalue weighted by Gasteiger charge is 2.63. The minimum absolute atomic E-state index is 0.0482. The molecule has 7 aliphatic rings. The number of rotatable bonds is 3. The van der Waals surface area contributed by atoms with Gasteiger partial charge in [-0.15, -0.1) is 0 Å². The number of aliphatic hydroxyl groups is 4. The van der Waals surface area contributed by atoms with Crippen LogP contribution in [0.25, 0.3) is 0 Å². The lowest BCUT2D eigenvalue weighted by Crippen LogP contribution is -2.60. The van der Waals surface area contributed by atoms with E-state index in [0.717, 1.165) is 44.2 Å². The quantitative estimate of drug-likeness (QED) is 0.314. The molecule has 5 fully saturated rings. The van der Waals surface area contributed by atoms with E-state index in [4.69, 9.17) is 14.2 Å². The van der Waals surface area contributed by atoms with E-state index in [-0.39, 0.29) is 35.1 Å². The number of ketones is 1. The Labute approximate surface area is 248 Å². The van der Waals surface area contributed by atoms with Crippen LogP contribution < -0.4 is 5.32 Å². The maximum absolute atomic E-state index is 14.5. The molecule has 15 atom stereocenters. The molecule has 4 aliphatic carbocycles. The Bertz CT molecular complexity index is 1170. The molecule has 3 aliphatic heterocycles. The van der Waals surface area contributed by atoms with Crippen LogP contribution in [0.2, 0.25) is 0 Å². The van der Waals surface area contributed by atoms with Gasteiger partial charge in [0.15, 0.2) is 12.1 Å². The number of Topliss-reactive ketones (excluding diaryl/α,β-unsaturated/α-hetero) is 1. The number of hydrogen-bond acceptors (Lipinski definition) is 9. The van der Waals surface area contributed by atoms with Gasteiger partial charge < -0.3 is 40.0 Å². The van der Waals surface area contributed by atoms with Gasteiger partial charge in [0.05, 0.1) is 24.4 Å². The zero-order valence-electron chi connectivity index (χ0n) is 25.4. The van der Waals surface area contributed by atoms with Crippen LogP contribution in [-0.4, -0.2) is 93.9 Å². The van der Waals surface area contributed by atoms with Gasteiger partial charge in [0.1, 0.15) is 24.4 Å². The molecule has 0 bridgehead atoms. The van der Waals surface area contributed by atoms with E-state index in [1.165, 1.54) is 11.1 Å². The molecule has 0 aromatic rings. The number of fused-ring (bicyclic) bond motifs is 6. The fourth-order valence-electron chi connectivity index (χ4n) is 10.4. The molecule has 9 nitrogen and oxygen atoms in total. The minimum atomic E-state index is -1.46. The van der Waals surface area contributed by atoms with E-state index < -0.39 is 37.3 Å². The smallest absolute Gasteiger partial charge is 0.186 e. The number of aliphatic hydroxyl groups excluding tert-OH is 4. The number of carbonyl (C=O) groups is 1. The second kappa shape index (κ2) is 10.4. The summed E-state index contributed by atoms with van der Waals surface area (Å²) in [6.07, 6.45) is 1.93. The Morgan fingerprint density at radius 3 is 2.67 bits per heavy atom. The largest absolute Gasteiger partial charge is 0.394 e. The van der Waals surface area contributed by atoms with Crippen molar-refractivity contribution in [1.29, 1.82) is 0 Å². The van der Waals surface area contributed by atoms with E-state index in [1.807, 2.05) is 0 Å².